The summed E-state index contributed by atoms with van der Waals surface area (Å²) in [6.07, 6.45) is 6.34. The highest BCUT2D eigenvalue weighted by molar-refractivity contribution is 9.10. The fraction of sp³-hybridized carbons (Fsp3) is 0.538. The van der Waals surface area contributed by atoms with Gasteiger partial charge in [0.2, 0.25) is 0 Å². The molecule has 0 aromatic heterocycles. The van der Waals surface area contributed by atoms with Crippen LogP contribution >= 0.6 is 15.9 Å². The molecule has 2 nitrogen and oxygen atoms in total. The lowest BCUT2D eigenvalue weighted by Crippen LogP contribution is -2.02. The van der Waals surface area contributed by atoms with Crippen molar-refractivity contribution in [1.29, 1.82) is 0 Å². The fourth-order valence-corrected chi connectivity index (χ4v) is 3.01. The van der Waals surface area contributed by atoms with E-state index in [1.165, 1.54) is 30.4 Å². The number of phenolic OH excluding ortho intramolecular Hbond substituents is 1. The fourth-order valence-electron chi connectivity index (χ4n) is 2.50. The van der Waals surface area contributed by atoms with E-state index in [0.29, 0.717) is 12.2 Å². The van der Waals surface area contributed by atoms with E-state index in [-0.39, 0.29) is 6.61 Å². The predicted molar refractivity (Wildman–Crippen MR) is 67.9 cm³/mol. The second-order valence-corrected chi connectivity index (χ2v) is 5.21. The summed E-state index contributed by atoms with van der Waals surface area (Å²) in [6.45, 7) is 0.0937. The molecule has 16 heavy (non-hydrogen) atoms. The normalized spacial score (nSPS) is 15.6. The number of aliphatic hydroxyl groups excluding tert-OH is 1. The quantitative estimate of drug-likeness (QED) is 0.820. The van der Waals surface area contributed by atoms with E-state index < -0.39 is 0 Å². The Bertz CT molecular complexity index is 388. The molecule has 2 rings (SSSR count). The first-order chi connectivity index (χ1) is 7.74. The van der Waals surface area contributed by atoms with Gasteiger partial charge in [0.25, 0.3) is 0 Å². The third-order valence-electron chi connectivity index (χ3n) is 3.30. The Morgan fingerprint density at radius 1 is 1.19 bits per heavy atom. The van der Waals surface area contributed by atoms with E-state index in [1.807, 2.05) is 6.07 Å². The highest BCUT2D eigenvalue weighted by atomic mass is 79.9. The molecule has 0 saturated carbocycles. The number of halogens is 1. The first-order valence-corrected chi connectivity index (χ1v) is 6.66. The molecule has 1 aliphatic rings. The number of phenols is 1. The molecule has 2 N–H and O–H groups in total. The summed E-state index contributed by atoms with van der Waals surface area (Å²) in [6, 6.07) is 2.04. The van der Waals surface area contributed by atoms with E-state index in [9.17, 15) is 5.11 Å². The molecule has 0 bridgehead atoms. The van der Waals surface area contributed by atoms with Gasteiger partial charge in [-0.15, -0.1) is 0 Å². The third kappa shape index (κ3) is 2.25. The number of rotatable bonds is 2. The van der Waals surface area contributed by atoms with Crippen LogP contribution in [0.1, 0.15) is 36.0 Å². The van der Waals surface area contributed by atoms with Gasteiger partial charge in [0.1, 0.15) is 5.75 Å². The minimum atomic E-state index is 0.0937. The van der Waals surface area contributed by atoms with Crippen LogP contribution in [0.2, 0.25) is 0 Å². The maximum Gasteiger partial charge on any atom is 0.133 e. The van der Waals surface area contributed by atoms with E-state index in [4.69, 9.17) is 5.11 Å². The molecule has 0 atom stereocenters. The zero-order valence-corrected chi connectivity index (χ0v) is 10.9. The second-order valence-electron chi connectivity index (χ2n) is 4.36. The van der Waals surface area contributed by atoms with E-state index >= 15 is 0 Å². The number of aromatic hydroxyl groups is 1. The summed E-state index contributed by atoms with van der Waals surface area (Å²) in [7, 11) is 0. The molecular formula is C13H17BrO2. The largest absolute Gasteiger partial charge is 0.506 e. The van der Waals surface area contributed by atoms with Crippen LogP contribution < -0.4 is 0 Å². The minimum absolute atomic E-state index is 0.0937. The van der Waals surface area contributed by atoms with Crippen LogP contribution in [0.25, 0.3) is 0 Å². The minimum Gasteiger partial charge on any atom is -0.506 e. The van der Waals surface area contributed by atoms with Crippen molar-refractivity contribution >= 4 is 15.9 Å². The average Bonchev–Trinajstić information content (AvgIpc) is 2.50. The highest BCUT2D eigenvalue weighted by Crippen LogP contribution is 2.36. The van der Waals surface area contributed by atoms with Crippen molar-refractivity contribution in [1.82, 2.24) is 0 Å². The zero-order chi connectivity index (χ0) is 11.5. The van der Waals surface area contributed by atoms with E-state index in [0.717, 1.165) is 22.9 Å². The third-order valence-corrected chi connectivity index (χ3v) is 3.90. The maximum absolute atomic E-state index is 10.0. The average molecular weight is 285 g/mol. The molecule has 0 fully saturated rings. The van der Waals surface area contributed by atoms with Crippen LogP contribution in [-0.4, -0.2) is 16.8 Å². The van der Waals surface area contributed by atoms with Gasteiger partial charge >= 0.3 is 0 Å². The number of hydrogen-bond acceptors (Lipinski definition) is 2. The maximum atomic E-state index is 10.0. The van der Waals surface area contributed by atoms with Crippen molar-refractivity contribution in [3.05, 3.63) is 27.2 Å². The van der Waals surface area contributed by atoms with Crippen molar-refractivity contribution in [3.8, 4) is 5.75 Å². The first kappa shape index (κ1) is 11.9. The number of aryl methyl sites for hydroxylation is 1. The number of fused-ring (bicyclic) bond motifs is 1. The van der Waals surface area contributed by atoms with Gasteiger partial charge in [0.15, 0.2) is 0 Å². The summed E-state index contributed by atoms with van der Waals surface area (Å²) in [5.74, 6) is 0.315. The Balaban J connectivity index is 2.51. The molecular weight excluding hydrogens is 268 g/mol. The van der Waals surface area contributed by atoms with Gasteiger partial charge in [-0.2, -0.15) is 0 Å². The van der Waals surface area contributed by atoms with E-state index in [1.54, 1.807) is 0 Å². The van der Waals surface area contributed by atoms with Crippen LogP contribution in [0, 0.1) is 0 Å². The molecule has 3 heteroatoms. The molecule has 0 heterocycles. The highest BCUT2D eigenvalue weighted by Gasteiger charge is 2.17. The first-order valence-electron chi connectivity index (χ1n) is 5.87. The van der Waals surface area contributed by atoms with Gasteiger partial charge in [-0.25, -0.2) is 0 Å². The van der Waals surface area contributed by atoms with Gasteiger partial charge in [0, 0.05) is 12.2 Å². The molecule has 88 valence electrons. The van der Waals surface area contributed by atoms with Crippen LogP contribution in [0.15, 0.2) is 10.5 Å². The van der Waals surface area contributed by atoms with E-state index in [2.05, 4.69) is 15.9 Å². The summed E-state index contributed by atoms with van der Waals surface area (Å²) in [4.78, 5) is 0. The molecule has 1 aliphatic carbocycles. The SMILES string of the molecule is OCCc1c(O)c(Br)cc2c1CCCCC2. The van der Waals surface area contributed by atoms with Crippen LogP contribution in [0.4, 0.5) is 0 Å². The number of benzene rings is 1. The molecule has 0 aliphatic heterocycles. The molecule has 1 aromatic carbocycles. The molecule has 0 spiro atoms. The van der Waals surface area contributed by atoms with Crippen LogP contribution in [0.5, 0.6) is 5.75 Å². The summed E-state index contributed by atoms with van der Waals surface area (Å²) < 4.78 is 0.761. The number of aliphatic hydroxyl groups is 1. The van der Waals surface area contributed by atoms with Crippen molar-refractivity contribution in [2.24, 2.45) is 0 Å². The lowest BCUT2D eigenvalue weighted by Gasteiger charge is -2.15. The molecule has 0 amide bonds. The lowest BCUT2D eigenvalue weighted by atomic mass is 9.94. The molecule has 0 unspecified atom stereocenters. The standard InChI is InChI=1S/C13H17BrO2/c14-12-8-9-4-2-1-3-5-10(9)11(6-7-15)13(12)16/h8,15-16H,1-7H2. The summed E-state index contributed by atoms with van der Waals surface area (Å²) >= 11 is 3.39. The van der Waals surface area contributed by atoms with Crippen molar-refractivity contribution in [2.75, 3.05) is 6.61 Å². The van der Waals surface area contributed by atoms with Gasteiger partial charge < -0.3 is 10.2 Å². The Morgan fingerprint density at radius 2 is 1.94 bits per heavy atom. The molecule has 1 aromatic rings. The van der Waals surface area contributed by atoms with Gasteiger partial charge in [0.05, 0.1) is 4.47 Å². The topological polar surface area (TPSA) is 40.5 Å². The van der Waals surface area contributed by atoms with Gasteiger partial charge in [-0.3, -0.25) is 0 Å². The Labute approximate surface area is 104 Å². The van der Waals surface area contributed by atoms with Gasteiger partial charge in [-0.05, 0) is 65.2 Å². The van der Waals surface area contributed by atoms with Crippen molar-refractivity contribution < 1.29 is 10.2 Å². The Hall–Kier alpha value is -0.540. The smallest absolute Gasteiger partial charge is 0.133 e. The van der Waals surface area contributed by atoms with Gasteiger partial charge in [-0.1, -0.05) is 6.42 Å². The molecule has 0 radical (unpaired) electrons. The summed E-state index contributed by atoms with van der Waals surface area (Å²) in [5.41, 5.74) is 3.55. The van der Waals surface area contributed by atoms with Crippen LogP contribution in [0.3, 0.4) is 0 Å². The summed E-state index contributed by atoms with van der Waals surface area (Å²) in [5, 5.41) is 19.1. The Morgan fingerprint density at radius 3 is 2.69 bits per heavy atom. The Kier molecular flexibility index (Phi) is 3.87. The van der Waals surface area contributed by atoms with Crippen molar-refractivity contribution in [3.63, 3.8) is 0 Å². The van der Waals surface area contributed by atoms with Crippen LogP contribution in [-0.2, 0) is 19.3 Å². The lowest BCUT2D eigenvalue weighted by molar-refractivity contribution is 0.297. The predicted octanol–water partition coefficient (Wildman–Crippen LogP) is 2.96. The second kappa shape index (κ2) is 5.19. The zero-order valence-electron chi connectivity index (χ0n) is 9.30. The number of hydrogen-bond donors (Lipinski definition) is 2. The monoisotopic (exact) mass is 284 g/mol. The molecule has 0 saturated heterocycles. The van der Waals surface area contributed by atoms with Crippen molar-refractivity contribution in [2.45, 2.75) is 38.5 Å².